The van der Waals surface area contributed by atoms with E-state index >= 15 is 0 Å². The van der Waals surface area contributed by atoms with Gasteiger partial charge in [0.05, 0.1) is 23.6 Å². The first kappa shape index (κ1) is 28.0. The average molecular weight is 541 g/mol. The number of amides is 2. The number of carbonyl (C=O) groups is 2. The van der Waals surface area contributed by atoms with Gasteiger partial charge in [-0.15, -0.1) is 13.2 Å². The number of ether oxygens (including phenoxy) is 3. The molecule has 12 heteroatoms. The minimum absolute atomic E-state index is 0.118. The van der Waals surface area contributed by atoms with E-state index < -0.39 is 35.2 Å². The maximum atomic E-state index is 13.4. The normalized spacial score (nSPS) is 26.5. The third kappa shape index (κ3) is 6.16. The number of aliphatic imine (C=N–C) groups is 1. The highest BCUT2D eigenvalue weighted by molar-refractivity contribution is 5.99. The number of carbonyl (C=O) groups excluding carboxylic acids is 2. The number of nitrogens with one attached hydrogen (secondary N) is 1. The number of guanidine groups is 1. The number of hydrogen-bond acceptors (Lipinski definition) is 7. The molecule has 3 N–H and O–H groups in total. The van der Waals surface area contributed by atoms with Crippen LogP contribution in [0.25, 0.3) is 0 Å². The van der Waals surface area contributed by atoms with Crippen LogP contribution in [0.4, 0.5) is 13.2 Å². The van der Waals surface area contributed by atoms with Gasteiger partial charge in [-0.05, 0) is 58.6 Å². The molecule has 2 aliphatic heterocycles. The molecule has 1 fully saturated rings. The number of fused-ring (bicyclic) bond motifs is 1. The van der Waals surface area contributed by atoms with Gasteiger partial charge < -0.3 is 25.3 Å². The van der Waals surface area contributed by atoms with Crippen LogP contribution in [0, 0.1) is 11.8 Å². The predicted octanol–water partition coefficient (Wildman–Crippen LogP) is 3.67. The van der Waals surface area contributed by atoms with Crippen molar-refractivity contribution in [2.45, 2.75) is 83.0 Å². The summed E-state index contributed by atoms with van der Waals surface area (Å²) in [6.45, 7) is 7.63. The van der Waals surface area contributed by atoms with E-state index in [9.17, 15) is 22.8 Å². The number of hydrogen-bond donors (Lipinski definition) is 2. The molecule has 0 aromatic heterocycles. The first-order valence-electron chi connectivity index (χ1n) is 12.7. The predicted molar refractivity (Wildman–Crippen MR) is 132 cm³/mol. The van der Waals surface area contributed by atoms with Crippen LogP contribution in [0.1, 0.15) is 65.0 Å². The highest BCUT2D eigenvalue weighted by atomic mass is 19.4. The summed E-state index contributed by atoms with van der Waals surface area (Å²) in [6.07, 6.45) is -3.50. The average Bonchev–Trinajstić information content (AvgIpc) is 3.53. The van der Waals surface area contributed by atoms with Gasteiger partial charge >= 0.3 is 6.36 Å². The summed E-state index contributed by atoms with van der Waals surface area (Å²) >= 11 is 0. The molecule has 3 aliphatic rings. The monoisotopic (exact) mass is 540 g/mol. The van der Waals surface area contributed by atoms with Crippen molar-refractivity contribution >= 4 is 17.8 Å². The van der Waals surface area contributed by atoms with Crippen LogP contribution in [-0.4, -0.2) is 59.9 Å². The maximum Gasteiger partial charge on any atom is 0.573 e. The van der Waals surface area contributed by atoms with Crippen molar-refractivity contribution in [2.75, 3.05) is 13.7 Å². The van der Waals surface area contributed by atoms with Crippen LogP contribution in [-0.2, 0) is 14.3 Å². The van der Waals surface area contributed by atoms with Crippen LogP contribution in [0.15, 0.2) is 23.2 Å². The molecular weight excluding hydrogens is 505 g/mol. The van der Waals surface area contributed by atoms with Crippen molar-refractivity contribution in [3.63, 3.8) is 0 Å². The number of methoxy groups -OCH3 is 1. The summed E-state index contributed by atoms with van der Waals surface area (Å²) in [5.41, 5.74) is 5.01. The minimum atomic E-state index is -4.90. The summed E-state index contributed by atoms with van der Waals surface area (Å²) in [7, 11) is 1.55. The molecule has 1 aromatic rings. The molecule has 1 saturated carbocycles. The molecule has 0 spiro atoms. The number of rotatable bonds is 8. The van der Waals surface area contributed by atoms with E-state index in [2.05, 4.69) is 15.0 Å². The molecule has 0 bridgehead atoms. The van der Waals surface area contributed by atoms with Crippen molar-refractivity contribution in [1.82, 2.24) is 10.2 Å². The van der Waals surface area contributed by atoms with Gasteiger partial charge in [0.1, 0.15) is 17.1 Å². The van der Waals surface area contributed by atoms with E-state index in [1.807, 2.05) is 13.8 Å². The van der Waals surface area contributed by atoms with Gasteiger partial charge in [-0.25, -0.2) is 4.99 Å². The molecule has 9 nitrogen and oxygen atoms in total. The fourth-order valence-corrected chi connectivity index (χ4v) is 5.56. The topological polar surface area (TPSA) is 115 Å². The Balaban J connectivity index is 1.55. The number of nitrogens with zero attached hydrogens (tertiary/aromatic N) is 2. The zero-order valence-electron chi connectivity index (χ0n) is 22.2. The fraction of sp³-hybridized carbons (Fsp3) is 0.654. The van der Waals surface area contributed by atoms with Gasteiger partial charge in [-0.3, -0.25) is 14.5 Å². The second-order valence-corrected chi connectivity index (χ2v) is 11.4. The second kappa shape index (κ2) is 9.94. The summed E-state index contributed by atoms with van der Waals surface area (Å²) in [4.78, 5) is 32.4. The van der Waals surface area contributed by atoms with Crippen molar-refractivity contribution < 1.29 is 37.0 Å². The Kier molecular flexibility index (Phi) is 7.32. The van der Waals surface area contributed by atoms with Gasteiger partial charge in [0.25, 0.3) is 0 Å². The Labute approximate surface area is 219 Å². The standard InChI is InChI=1S/C26H35F3N4O5/c1-24(2)13-20(34)33(23(30)32-24)17(9-10-36-5)14-11-15(14)22(35)31-16-12-25(3,4)37-18-7-6-8-19(21(16)18)38-26(27,28)29/h6-8,14-17H,9-13H2,1-5H3,(H2,30,32)(H,31,35)/t14-,15-,16?,17+/m1/s1. The van der Waals surface area contributed by atoms with E-state index in [-0.39, 0.29) is 53.9 Å². The molecule has 210 valence electrons. The Morgan fingerprint density at radius 2 is 2.03 bits per heavy atom. The minimum Gasteiger partial charge on any atom is -0.487 e. The zero-order chi connectivity index (χ0) is 28.0. The molecule has 2 heterocycles. The lowest BCUT2D eigenvalue weighted by Gasteiger charge is -2.39. The molecule has 4 rings (SSSR count). The van der Waals surface area contributed by atoms with Gasteiger partial charge in [0.2, 0.25) is 11.8 Å². The SMILES string of the molecule is COCC[C@@H]([C@@H]1C[C@H]1C(=O)NC1CC(C)(C)Oc2cccc(OC(F)(F)F)c21)N1C(=O)CC(C)(C)N=C1N. The van der Waals surface area contributed by atoms with E-state index in [1.54, 1.807) is 27.0 Å². The van der Waals surface area contributed by atoms with E-state index in [4.69, 9.17) is 15.2 Å². The molecular formula is C26H35F3N4O5. The molecule has 0 saturated heterocycles. The van der Waals surface area contributed by atoms with Crippen LogP contribution in [0.3, 0.4) is 0 Å². The number of benzene rings is 1. The molecule has 38 heavy (non-hydrogen) atoms. The summed E-state index contributed by atoms with van der Waals surface area (Å²) in [5.74, 6) is -1.18. The number of nitrogens with two attached hydrogens (primary N) is 1. The van der Waals surface area contributed by atoms with Crippen molar-refractivity contribution in [3.8, 4) is 11.5 Å². The van der Waals surface area contributed by atoms with E-state index in [1.165, 1.54) is 17.0 Å². The first-order chi connectivity index (χ1) is 17.6. The molecule has 1 aromatic carbocycles. The third-order valence-electron chi connectivity index (χ3n) is 7.14. The Morgan fingerprint density at radius 1 is 1.32 bits per heavy atom. The van der Waals surface area contributed by atoms with E-state index in [0.717, 1.165) is 0 Å². The zero-order valence-corrected chi connectivity index (χ0v) is 22.2. The molecule has 4 atom stereocenters. The lowest BCUT2D eigenvalue weighted by atomic mass is 9.89. The molecule has 1 aliphatic carbocycles. The second-order valence-electron chi connectivity index (χ2n) is 11.4. The molecule has 2 amide bonds. The Morgan fingerprint density at radius 3 is 2.66 bits per heavy atom. The molecule has 1 unspecified atom stereocenters. The van der Waals surface area contributed by atoms with Gasteiger partial charge in [0, 0.05) is 32.1 Å². The largest absolute Gasteiger partial charge is 0.573 e. The van der Waals surface area contributed by atoms with Gasteiger partial charge in [-0.2, -0.15) is 0 Å². The number of alkyl halides is 3. The lowest BCUT2D eigenvalue weighted by molar-refractivity contribution is -0.275. The van der Waals surface area contributed by atoms with Crippen LogP contribution in [0.5, 0.6) is 11.5 Å². The highest BCUT2D eigenvalue weighted by Gasteiger charge is 2.53. The van der Waals surface area contributed by atoms with Crippen LogP contribution < -0.4 is 20.5 Å². The van der Waals surface area contributed by atoms with Gasteiger partial charge in [-0.1, -0.05) is 6.07 Å². The Bertz CT molecular complexity index is 1120. The Hall–Kier alpha value is -3.02. The first-order valence-corrected chi connectivity index (χ1v) is 12.7. The highest BCUT2D eigenvalue weighted by Crippen LogP contribution is 2.48. The van der Waals surface area contributed by atoms with Crippen LogP contribution >= 0.6 is 0 Å². The quantitative estimate of drug-likeness (QED) is 0.520. The van der Waals surface area contributed by atoms with Gasteiger partial charge in [0.15, 0.2) is 5.96 Å². The summed E-state index contributed by atoms with van der Waals surface area (Å²) in [5, 5.41) is 2.94. The van der Waals surface area contributed by atoms with E-state index in [0.29, 0.717) is 19.4 Å². The maximum absolute atomic E-state index is 13.4. The van der Waals surface area contributed by atoms with Crippen molar-refractivity contribution in [3.05, 3.63) is 23.8 Å². The molecule has 0 radical (unpaired) electrons. The smallest absolute Gasteiger partial charge is 0.487 e. The van der Waals surface area contributed by atoms with Crippen molar-refractivity contribution in [2.24, 2.45) is 22.6 Å². The number of halogens is 3. The summed E-state index contributed by atoms with van der Waals surface area (Å²) < 4.78 is 54.7. The summed E-state index contributed by atoms with van der Waals surface area (Å²) in [6, 6.07) is 3.04. The van der Waals surface area contributed by atoms with Crippen LogP contribution in [0.2, 0.25) is 0 Å². The third-order valence-corrected chi connectivity index (χ3v) is 7.14. The lowest BCUT2D eigenvalue weighted by Crippen LogP contribution is -2.55. The van der Waals surface area contributed by atoms with Crippen molar-refractivity contribution in [1.29, 1.82) is 0 Å². The fourth-order valence-electron chi connectivity index (χ4n) is 5.56.